The molecule has 0 aliphatic carbocycles. The van der Waals surface area contributed by atoms with Crippen LogP contribution in [0.5, 0.6) is 0 Å². The summed E-state index contributed by atoms with van der Waals surface area (Å²) >= 11 is 0. The average Bonchev–Trinajstić information content (AvgIpc) is 1.82. The summed E-state index contributed by atoms with van der Waals surface area (Å²) in [5.74, 6) is -6.16. The molecule has 6 heteroatoms. The topological polar surface area (TPSA) is 3.24 Å². The molecule has 0 rings (SSSR count). The normalized spacial score (nSPS) is 17.7. The van der Waals surface area contributed by atoms with Gasteiger partial charge in [0.05, 0.1) is 0 Å². The summed E-state index contributed by atoms with van der Waals surface area (Å²) in [5.41, 5.74) is 0. The van der Waals surface area contributed by atoms with E-state index in [1.165, 1.54) is 0 Å². The molecule has 1 nitrogen and oxygen atoms in total. The predicted molar refractivity (Wildman–Crippen MR) is 33.8 cm³/mol. The van der Waals surface area contributed by atoms with Crippen molar-refractivity contribution in [1.82, 2.24) is 4.90 Å². The van der Waals surface area contributed by atoms with Gasteiger partial charge in [-0.15, -0.1) is 0 Å². The molecular weight excluding hydrogens is 181 g/mol. The summed E-state index contributed by atoms with van der Waals surface area (Å²) in [7, 11) is 1.55. The number of halogens is 5. The van der Waals surface area contributed by atoms with Crippen molar-refractivity contribution < 1.29 is 22.0 Å². The van der Waals surface area contributed by atoms with Crippen LogP contribution in [0.2, 0.25) is 0 Å². The summed E-state index contributed by atoms with van der Waals surface area (Å²) in [6.07, 6.45) is -5.32. The van der Waals surface area contributed by atoms with E-state index in [9.17, 15) is 22.0 Å². The van der Waals surface area contributed by atoms with Crippen LogP contribution in [-0.2, 0) is 0 Å². The molecule has 0 aliphatic heterocycles. The quantitative estimate of drug-likeness (QED) is 0.475. The highest BCUT2D eigenvalue weighted by Crippen LogP contribution is 2.40. The molecule has 0 amide bonds. The second-order valence-electron chi connectivity index (χ2n) is 2.42. The third kappa shape index (κ3) is 1.57. The molecule has 0 radical (unpaired) electrons. The van der Waals surface area contributed by atoms with Crippen LogP contribution >= 0.6 is 0 Å². The highest BCUT2D eigenvalue weighted by atomic mass is 19.4. The summed E-state index contributed by atoms with van der Waals surface area (Å²) in [6, 6.07) is 0. The molecule has 72 valence electrons. The van der Waals surface area contributed by atoms with E-state index in [0.717, 1.165) is 14.1 Å². The van der Waals surface area contributed by atoms with E-state index in [2.05, 4.69) is 6.58 Å². The second-order valence-corrected chi connectivity index (χ2v) is 2.42. The Morgan fingerprint density at radius 3 is 1.50 bits per heavy atom. The number of likely N-dealkylation sites (N-methyl/N-ethyl adjacent to an activating group) is 1. The summed E-state index contributed by atoms with van der Waals surface area (Å²) in [4.78, 5) is 0.0787. The number of nitrogens with zero attached hydrogens (tertiary/aromatic N) is 1. The van der Waals surface area contributed by atoms with Gasteiger partial charge in [0, 0.05) is 0 Å². The second kappa shape index (κ2) is 3.01. The van der Waals surface area contributed by atoms with Crippen LogP contribution in [0.25, 0.3) is 0 Å². The van der Waals surface area contributed by atoms with Gasteiger partial charge in [-0.1, -0.05) is 6.58 Å². The minimum Gasteiger partial charge on any atom is -0.264 e. The molecule has 0 fully saturated rings. The molecule has 0 aromatic rings. The van der Waals surface area contributed by atoms with E-state index in [4.69, 9.17) is 0 Å². The first-order valence-electron chi connectivity index (χ1n) is 2.92. The van der Waals surface area contributed by atoms with E-state index in [1.54, 1.807) is 0 Å². The van der Waals surface area contributed by atoms with E-state index >= 15 is 0 Å². The lowest BCUT2D eigenvalue weighted by atomic mass is 10.2. The smallest absolute Gasteiger partial charge is 0.264 e. The Morgan fingerprint density at radius 1 is 1.17 bits per heavy atom. The minimum absolute atomic E-state index is 0.0787. The summed E-state index contributed by atoms with van der Waals surface area (Å²) in [5, 5.41) is 0. The maximum Gasteiger partial charge on any atom is 0.443 e. The Morgan fingerprint density at radius 2 is 1.50 bits per heavy atom. The highest BCUT2D eigenvalue weighted by Gasteiger charge is 2.61. The summed E-state index contributed by atoms with van der Waals surface area (Å²) < 4.78 is 60.7. The minimum atomic E-state index is -5.32. The molecule has 0 aromatic heterocycles. The lowest BCUT2D eigenvalue weighted by molar-refractivity contribution is -0.264. The SMILES string of the molecule is C=C(F)C(F)(N(C)C)C(F)(F)F. The van der Waals surface area contributed by atoms with Crippen molar-refractivity contribution in [2.75, 3.05) is 14.1 Å². The van der Waals surface area contributed by atoms with E-state index in [1.807, 2.05) is 0 Å². The van der Waals surface area contributed by atoms with Gasteiger partial charge in [-0.3, -0.25) is 4.90 Å². The molecule has 0 saturated heterocycles. The zero-order valence-corrected chi connectivity index (χ0v) is 6.54. The Kier molecular flexibility index (Phi) is 2.84. The first kappa shape index (κ1) is 11.4. The van der Waals surface area contributed by atoms with Gasteiger partial charge in [-0.25, -0.2) is 8.78 Å². The number of rotatable bonds is 2. The fourth-order valence-corrected chi connectivity index (χ4v) is 0.650. The zero-order chi connectivity index (χ0) is 10.2. The fraction of sp³-hybridized carbons (Fsp3) is 0.667. The van der Waals surface area contributed by atoms with E-state index in [0.29, 0.717) is 0 Å². The van der Waals surface area contributed by atoms with Gasteiger partial charge in [0.25, 0.3) is 0 Å². The Hall–Kier alpha value is -0.650. The van der Waals surface area contributed by atoms with Crippen molar-refractivity contribution >= 4 is 0 Å². The fourth-order valence-electron chi connectivity index (χ4n) is 0.650. The number of alkyl halides is 4. The van der Waals surface area contributed by atoms with Gasteiger partial charge in [-0.05, 0) is 14.1 Å². The van der Waals surface area contributed by atoms with Gasteiger partial charge in [0.1, 0.15) is 0 Å². The Labute approximate surface area is 66.5 Å². The van der Waals surface area contributed by atoms with Gasteiger partial charge >= 0.3 is 12.0 Å². The molecule has 0 heterocycles. The third-order valence-electron chi connectivity index (χ3n) is 1.35. The van der Waals surface area contributed by atoms with Crippen molar-refractivity contribution in [3.63, 3.8) is 0 Å². The first-order valence-corrected chi connectivity index (χ1v) is 2.92. The molecule has 1 unspecified atom stereocenters. The molecular formula is C6H8F5N. The molecule has 0 aliphatic rings. The van der Waals surface area contributed by atoms with Crippen LogP contribution in [0.3, 0.4) is 0 Å². The van der Waals surface area contributed by atoms with E-state index in [-0.39, 0.29) is 4.90 Å². The molecule has 0 spiro atoms. The zero-order valence-electron chi connectivity index (χ0n) is 6.54. The average molecular weight is 189 g/mol. The van der Waals surface area contributed by atoms with Crippen molar-refractivity contribution in [3.05, 3.63) is 12.4 Å². The molecule has 0 aromatic carbocycles. The van der Waals surface area contributed by atoms with E-state index < -0.39 is 17.8 Å². The summed E-state index contributed by atoms with van der Waals surface area (Å²) in [6.45, 7) is 2.31. The van der Waals surface area contributed by atoms with Crippen LogP contribution < -0.4 is 0 Å². The Balaban J connectivity index is 5.02. The van der Waals surface area contributed by atoms with Crippen LogP contribution in [-0.4, -0.2) is 31.0 Å². The predicted octanol–water partition coefficient (Wildman–Crippen LogP) is 2.26. The maximum atomic E-state index is 12.9. The lowest BCUT2D eigenvalue weighted by Crippen LogP contribution is -2.52. The number of hydrogen-bond acceptors (Lipinski definition) is 1. The molecule has 12 heavy (non-hydrogen) atoms. The van der Waals surface area contributed by atoms with Gasteiger partial charge < -0.3 is 0 Å². The lowest BCUT2D eigenvalue weighted by Gasteiger charge is -2.31. The Bertz CT molecular complexity index is 185. The third-order valence-corrected chi connectivity index (χ3v) is 1.35. The highest BCUT2D eigenvalue weighted by molar-refractivity contribution is 5.07. The van der Waals surface area contributed by atoms with Crippen LogP contribution in [0.1, 0.15) is 0 Å². The van der Waals surface area contributed by atoms with Crippen molar-refractivity contribution in [2.24, 2.45) is 0 Å². The van der Waals surface area contributed by atoms with Gasteiger partial charge in [-0.2, -0.15) is 13.2 Å². The largest absolute Gasteiger partial charge is 0.443 e. The molecule has 0 bridgehead atoms. The molecule has 0 saturated carbocycles. The van der Waals surface area contributed by atoms with Crippen LogP contribution in [0.15, 0.2) is 12.4 Å². The van der Waals surface area contributed by atoms with Crippen molar-refractivity contribution in [3.8, 4) is 0 Å². The standard InChI is InChI=1S/C6H8F5N/c1-4(7)5(8,12(2)3)6(9,10)11/h1H2,2-3H3. The van der Waals surface area contributed by atoms with Crippen LogP contribution in [0, 0.1) is 0 Å². The van der Waals surface area contributed by atoms with Crippen molar-refractivity contribution in [1.29, 1.82) is 0 Å². The molecule has 0 N–H and O–H groups in total. The first-order chi connectivity index (χ1) is 5.14. The molecule has 1 atom stereocenters. The number of hydrogen-bond donors (Lipinski definition) is 0. The van der Waals surface area contributed by atoms with Gasteiger partial charge in [0.15, 0.2) is 5.83 Å². The van der Waals surface area contributed by atoms with Gasteiger partial charge in [0.2, 0.25) is 0 Å². The van der Waals surface area contributed by atoms with Crippen molar-refractivity contribution in [2.45, 2.75) is 12.0 Å². The van der Waals surface area contributed by atoms with Crippen LogP contribution in [0.4, 0.5) is 22.0 Å². The monoisotopic (exact) mass is 189 g/mol. The maximum absolute atomic E-state index is 12.9.